The van der Waals surface area contributed by atoms with Gasteiger partial charge >= 0.3 is 0 Å². The molecule has 0 radical (unpaired) electrons. The lowest BCUT2D eigenvalue weighted by atomic mass is 9.83. The highest BCUT2D eigenvalue weighted by molar-refractivity contribution is 7.18. The first-order chi connectivity index (χ1) is 28.8. The predicted molar refractivity (Wildman–Crippen MR) is 226 cm³/mol. The summed E-state index contributed by atoms with van der Waals surface area (Å²) in [7, 11) is 3.54. The highest BCUT2D eigenvalue weighted by Crippen LogP contribution is 2.44. The zero-order valence-electron chi connectivity index (χ0n) is 33.8. The molecule has 3 N–H and O–H groups in total. The lowest BCUT2D eigenvalue weighted by Crippen LogP contribution is -2.61. The number of piperazine rings is 1. The van der Waals surface area contributed by atoms with Crippen LogP contribution >= 0.6 is 9.24 Å². The zero-order chi connectivity index (χ0) is 42.0. The Morgan fingerprint density at radius 2 is 1.93 bits per heavy atom. The van der Waals surface area contributed by atoms with Crippen LogP contribution in [0.1, 0.15) is 64.1 Å². The maximum atomic E-state index is 14.5. The third-order valence-electron chi connectivity index (χ3n) is 12.9. The fourth-order valence-corrected chi connectivity index (χ4v) is 10.1. The first-order valence-electron chi connectivity index (χ1n) is 20.6. The topological polar surface area (TPSA) is 143 Å². The van der Waals surface area contributed by atoms with Gasteiger partial charge in [0.15, 0.2) is 0 Å². The number of anilines is 3. The number of rotatable bonds is 10. The van der Waals surface area contributed by atoms with Gasteiger partial charge in [-0.3, -0.25) is 39.3 Å². The summed E-state index contributed by atoms with van der Waals surface area (Å²) in [4.78, 5) is 65.6. The lowest BCUT2D eigenvalue weighted by Gasteiger charge is -2.46. The molecule has 60 heavy (non-hydrogen) atoms. The van der Waals surface area contributed by atoms with Crippen LogP contribution in [0.3, 0.4) is 0 Å². The maximum Gasteiger partial charge on any atom is 0.271 e. The van der Waals surface area contributed by atoms with Gasteiger partial charge in [-0.2, -0.15) is 0 Å². The first kappa shape index (κ1) is 40.2. The molecule has 14 nitrogen and oxygen atoms in total. The average Bonchev–Trinajstić information content (AvgIpc) is 3.52. The number of amides is 4. The molecule has 1 aromatic heterocycles. The van der Waals surface area contributed by atoms with E-state index < -0.39 is 30.2 Å². The van der Waals surface area contributed by atoms with E-state index in [9.17, 15) is 28.0 Å². The molecule has 2 aromatic carbocycles. The number of imide groups is 1. The molecule has 3 fully saturated rings. The molecular weight excluding hydrogens is 792 g/mol. The van der Waals surface area contributed by atoms with Crippen LogP contribution in [-0.2, 0) is 27.3 Å². The van der Waals surface area contributed by atoms with E-state index in [1.807, 2.05) is 60.2 Å². The van der Waals surface area contributed by atoms with Gasteiger partial charge in [0.25, 0.3) is 11.6 Å². The number of carbonyl (C=O) groups excluding carboxylic acids is 4. The third-order valence-corrected chi connectivity index (χ3v) is 13.1. The van der Waals surface area contributed by atoms with E-state index in [0.29, 0.717) is 75.7 Å². The Morgan fingerprint density at radius 1 is 1.12 bits per heavy atom. The summed E-state index contributed by atoms with van der Waals surface area (Å²) >= 11 is 0. The first-order valence-corrected chi connectivity index (χ1v) is 21.2. The lowest BCUT2D eigenvalue weighted by molar-refractivity contribution is -0.137. The number of fused-ring (bicyclic) bond motifs is 5. The van der Waals surface area contributed by atoms with Gasteiger partial charge in [0, 0.05) is 75.6 Å². The maximum absolute atomic E-state index is 14.5. The number of alkyl halides is 2. The number of hydrogen-bond acceptors (Lipinski definition) is 11. The van der Waals surface area contributed by atoms with Crippen LogP contribution in [0.5, 0.6) is 5.75 Å². The van der Waals surface area contributed by atoms with Gasteiger partial charge in [0.1, 0.15) is 18.4 Å². The largest absolute Gasteiger partial charge is 0.489 e. The van der Waals surface area contributed by atoms with Gasteiger partial charge in [-0.25, -0.2) is 8.78 Å². The van der Waals surface area contributed by atoms with Crippen molar-refractivity contribution in [1.82, 2.24) is 29.9 Å². The van der Waals surface area contributed by atoms with Crippen LogP contribution in [0, 0.1) is 0 Å². The van der Waals surface area contributed by atoms with Gasteiger partial charge in [-0.1, -0.05) is 28.0 Å². The minimum atomic E-state index is -2.96. The molecule has 6 aliphatic heterocycles. The average molecular weight is 842 g/mol. The number of carbonyl (C=O) groups is 4. The van der Waals surface area contributed by atoms with Gasteiger partial charge in [0.05, 0.1) is 54.5 Å². The highest BCUT2D eigenvalue weighted by Gasteiger charge is 2.43. The Bertz CT molecular complexity index is 2250. The molecule has 6 aliphatic rings. The summed E-state index contributed by atoms with van der Waals surface area (Å²) in [6, 6.07) is 10.4. The fraction of sp³-hybridized carbons (Fsp3) is 0.465. The fourth-order valence-electron chi connectivity index (χ4n) is 9.90. The number of likely N-dealkylation sites (tertiary alicyclic amines) is 1. The van der Waals surface area contributed by atoms with Crippen molar-refractivity contribution in [3.63, 3.8) is 0 Å². The van der Waals surface area contributed by atoms with Crippen molar-refractivity contribution in [1.29, 1.82) is 0 Å². The molecule has 3 aromatic rings. The van der Waals surface area contributed by atoms with Crippen LogP contribution in [0.25, 0.3) is 6.08 Å². The Balaban J connectivity index is 0.793. The predicted octanol–water partition coefficient (Wildman–Crippen LogP) is 3.54. The minimum Gasteiger partial charge on any atom is -0.489 e. The molecule has 5 atom stereocenters. The number of nitrogens with zero attached hydrogens (tertiary/aromatic N) is 6. The van der Waals surface area contributed by atoms with Crippen molar-refractivity contribution in [3.05, 3.63) is 82.7 Å². The molecule has 0 saturated carbocycles. The zero-order valence-corrected chi connectivity index (χ0v) is 34.9. The second-order valence-corrected chi connectivity index (χ2v) is 17.7. The number of aromatic nitrogens is 1. The van der Waals surface area contributed by atoms with Crippen molar-refractivity contribution < 1.29 is 32.7 Å². The molecule has 4 amide bonds. The molecule has 7 heterocycles. The van der Waals surface area contributed by atoms with E-state index in [4.69, 9.17) is 9.72 Å². The molecule has 9 rings (SSSR count). The second-order valence-electron chi connectivity index (χ2n) is 16.8. The second kappa shape index (κ2) is 15.7. The Morgan fingerprint density at radius 3 is 2.65 bits per heavy atom. The highest BCUT2D eigenvalue weighted by atomic mass is 31.0. The summed E-state index contributed by atoms with van der Waals surface area (Å²) in [5.41, 5.74) is 4.75. The smallest absolute Gasteiger partial charge is 0.271 e. The van der Waals surface area contributed by atoms with Crippen molar-refractivity contribution in [2.24, 2.45) is 0 Å². The molecule has 0 spiro atoms. The summed E-state index contributed by atoms with van der Waals surface area (Å²) in [5, 5.41) is 9.10. The van der Waals surface area contributed by atoms with Crippen LogP contribution in [0.2, 0.25) is 0 Å². The van der Waals surface area contributed by atoms with E-state index in [2.05, 4.69) is 32.3 Å². The van der Waals surface area contributed by atoms with Gasteiger partial charge in [-0.05, 0) is 66.8 Å². The number of pyridine rings is 1. The van der Waals surface area contributed by atoms with Crippen molar-refractivity contribution >= 4 is 56.0 Å². The molecule has 3 saturated heterocycles. The number of nitrogens with one attached hydrogen (secondary N) is 3. The van der Waals surface area contributed by atoms with E-state index >= 15 is 0 Å². The monoisotopic (exact) mass is 841 g/mol. The quantitative estimate of drug-likeness (QED) is 0.204. The van der Waals surface area contributed by atoms with Crippen molar-refractivity contribution in [3.8, 4) is 5.75 Å². The van der Waals surface area contributed by atoms with E-state index in [-0.39, 0.29) is 48.8 Å². The van der Waals surface area contributed by atoms with Crippen LogP contribution in [0.15, 0.2) is 49.2 Å². The van der Waals surface area contributed by atoms with Crippen molar-refractivity contribution in [2.75, 3.05) is 75.0 Å². The SMILES string of the molecule is C=Cc1c(NC)ccc2c1C[C@H](C)N(CC(F)(F)P)[C@H]2c1ccc(NC2CN(CC(=O)N3CCN4c5cc6c(cc5OC[C@@H]4C3)C(=O)N(C3CCC(=O)NC3=O)C6)C2)cn1. The number of halogens is 2. The molecule has 17 heteroatoms. The number of benzene rings is 2. The van der Waals surface area contributed by atoms with Gasteiger partial charge < -0.3 is 30.1 Å². The summed E-state index contributed by atoms with van der Waals surface area (Å²) < 4.78 is 35.2. The normalized spacial score (nSPS) is 24.4. The Labute approximate surface area is 349 Å². The summed E-state index contributed by atoms with van der Waals surface area (Å²) in [5.74, 6) is -0.317. The Hall–Kier alpha value is -5.18. The molecule has 316 valence electrons. The number of hydrogen-bond donors (Lipinski definition) is 3. The summed E-state index contributed by atoms with van der Waals surface area (Å²) in [6.45, 7) is 9.66. The number of piperidine rings is 1. The van der Waals surface area contributed by atoms with E-state index in [1.54, 1.807) is 26.4 Å². The van der Waals surface area contributed by atoms with E-state index in [1.165, 1.54) is 0 Å². The Kier molecular flexibility index (Phi) is 10.5. The van der Waals surface area contributed by atoms with Crippen molar-refractivity contribution in [2.45, 2.75) is 68.6 Å². The van der Waals surface area contributed by atoms with Gasteiger partial charge in [-0.15, -0.1) is 0 Å². The molecule has 0 aliphatic carbocycles. The van der Waals surface area contributed by atoms with Crippen LogP contribution in [-0.4, -0.2) is 138 Å². The standard InChI is InChI=1S/C43H50F2N9O5P/c1-4-29-32-13-24(2)54(23-43(44,45)60)40(30(32)6-8-33(29)46-3)34-7-5-26(16-47-34)48-27-18-50(19-27)21-39(56)51-11-12-52-28(20-51)22-59-37-15-31-25(14-36(37)52)17-53(42(31)58)35-9-10-38(55)49-41(35)57/h4-8,14-16,24,27-28,35,40,46,48H,1,9-13,17-23,60H2,2-3H3,(H,49,55,57)/t24-,28-,35?,40+/m0/s1. The summed E-state index contributed by atoms with van der Waals surface area (Å²) in [6.07, 6.45) is 4.71. The third kappa shape index (κ3) is 7.47. The molecule has 0 bridgehead atoms. The van der Waals surface area contributed by atoms with Crippen LogP contribution < -0.4 is 25.6 Å². The molecule has 2 unspecified atom stereocenters. The van der Waals surface area contributed by atoms with Gasteiger partial charge in [0.2, 0.25) is 17.7 Å². The van der Waals surface area contributed by atoms with E-state index in [0.717, 1.165) is 39.3 Å². The molecular formula is C43H50F2N9O5P. The number of ether oxygens (including phenoxy) is 1. The minimum absolute atomic E-state index is 0.0394. The van der Waals surface area contributed by atoms with Crippen LogP contribution in [0.4, 0.5) is 25.8 Å².